The van der Waals surface area contributed by atoms with Gasteiger partial charge in [0.2, 0.25) is 0 Å². The standard InChI is InChI=1S/C17H18ClNO2/c1-3-19(2)17(20)15-6-4-5-7-16(15)21-12-13-8-10-14(18)11-9-13/h4-11H,3,12H2,1-2H3. The minimum Gasteiger partial charge on any atom is -0.488 e. The minimum atomic E-state index is -0.0378. The van der Waals surface area contributed by atoms with Crippen LogP contribution in [0, 0.1) is 0 Å². The highest BCUT2D eigenvalue weighted by molar-refractivity contribution is 6.30. The summed E-state index contributed by atoms with van der Waals surface area (Å²) >= 11 is 5.86. The Hall–Kier alpha value is -2.00. The van der Waals surface area contributed by atoms with E-state index in [1.165, 1.54) is 0 Å². The van der Waals surface area contributed by atoms with Crippen molar-refractivity contribution in [1.82, 2.24) is 4.90 Å². The number of rotatable bonds is 5. The highest BCUT2D eigenvalue weighted by Gasteiger charge is 2.15. The van der Waals surface area contributed by atoms with Gasteiger partial charge in [-0.25, -0.2) is 0 Å². The van der Waals surface area contributed by atoms with Crippen molar-refractivity contribution >= 4 is 17.5 Å². The van der Waals surface area contributed by atoms with E-state index in [2.05, 4.69) is 0 Å². The van der Waals surface area contributed by atoms with Crippen LogP contribution in [0.1, 0.15) is 22.8 Å². The summed E-state index contributed by atoms with van der Waals surface area (Å²) in [7, 11) is 1.78. The van der Waals surface area contributed by atoms with E-state index < -0.39 is 0 Å². The molecule has 2 rings (SSSR count). The van der Waals surface area contributed by atoms with Crippen LogP contribution in [0.5, 0.6) is 5.75 Å². The number of amides is 1. The topological polar surface area (TPSA) is 29.5 Å². The second-order valence-electron chi connectivity index (χ2n) is 4.73. The molecule has 1 amide bonds. The molecule has 3 nitrogen and oxygen atoms in total. The molecule has 0 aromatic heterocycles. The maximum atomic E-state index is 12.3. The van der Waals surface area contributed by atoms with Gasteiger partial charge in [0.15, 0.2) is 0 Å². The Morgan fingerprint density at radius 1 is 1.14 bits per heavy atom. The summed E-state index contributed by atoms with van der Waals surface area (Å²) in [5, 5.41) is 0.693. The van der Waals surface area contributed by atoms with Gasteiger partial charge < -0.3 is 9.64 Å². The maximum Gasteiger partial charge on any atom is 0.257 e. The number of carbonyl (C=O) groups is 1. The van der Waals surface area contributed by atoms with E-state index in [1.807, 2.05) is 49.4 Å². The molecule has 0 fully saturated rings. The van der Waals surface area contributed by atoms with E-state index in [-0.39, 0.29) is 5.91 Å². The van der Waals surface area contributed by atoms with Gasteiger partial charge in [-0.05, 0) is 36.8 Å². The van der Waals surface area contributed by atoms with Crippen LogP contribution < -0.4 is 4.74 Å². The molecule has 4 heteroatoms. The zero-order chi connectivity index (χ0) is 15.2. The summed E-state index contributed by atoms with van der Waals surface area (Å²) in [6.07, 6.45) is 0. The molecule has 2 aromatic rings. The SMILES string of the molecule is CCN(C)C(=O)c1ccccc1OCc1ccc(Cl)cc1. The molecule has 0 heterocycles. The van der Waals surface area contributed by atoms with Crippen molar-refractivity contribution in [2.45, 2.75) is 13.5 Å². The number of hydrogen-bond acceptors (Lipinski definition) is 2. The summed E-state index contributed by atoms with van der Waals surface area (Å²) in [5.74, 6) is 0.557. The highest BCUT2D eigenvalue weighted by atomic mass is 35.5. The lowest BCUT2D eigenvalue weighted by Crippen LogP contribution is -2.26. The Balaban J connectivity index is 2.13. The van der Waals surface area contributed by atoms with Gasteiger partial charge in [0.05, 0.1) is 5.56 Å². The van der Waals surface area contributed by atoms with E-state index in [0.717, 1.165) is 5.56 Å². The fourth-order valence-electron chi connectivity index (χ4n) is 1.86. The van der Waals surface area contributed by atoms with Gasteiger partial charge in [0.25, 0.3) is 5.91 Å². The molecule has 0 radical (unpaired) electrons. The first-order valence-electron chi connectivity index (χ1n) is 6.83. The molecule has 0 aliphatic carbocycles. The van der Waals surface area contributed by atoms with E-state index in [9.17, 15) is 4.79 Å². The molecule has 0 unspecified atom stereocenters. The zero-order valence-electron chi connectivity index (χ0n) is 12.2. The van der Waals surface area contributed by atoms with Crippen molar-refractivity contribution in [3.63, 3.8) is 0 Å². The predicted octanol–water partition coefficient (Wildman–Crippen LogP) is 4.01. The van der Waals surface area contributed by atoms with Crippen molar-refractivity contribution in [3.05, 3.63) is 64.7 Å². The van der Waals surface area contributed by atoms with Crippen LogP contribution in [0.3, 0.4) is 0 Å². The van der Waals surface area contributed by atoms with Gasteiger partial charge in [-0.3, -0.25) is 4.79 Å². The molecule has 0 aliphatic heterocycles. The summed E-state index contributed by atoms with van der Waals surface area (Å²) in [5.41, 5.74) is 1.58. The molecular formula is C17H18ClNO2. The van der Waals surface area contributed by atoms with Gasteiger partial charge in [0, 0.05) is 18.6 Å². The third kappa shape index (κ3) is 3.99. The summed E-state index contributed by atoms with van der Waals surface area (Å²) < 4.78 is 5.79. The number of carbonyl (C=O) groups excluding carboxylic acids is 1. The average Bonchev–Trinajstić information content (AvgIpc) is 2.53. The molecular weight excluding hydrogens is 286 g/mol. The third-order valence-electron chi connectivity index (χ3n) is 3.25. The van der Waals surface area contributed by atoms with Crippen molar-refractivity contribution in [2.24, 2.45) is 0 Å². The average molecular weight is 304 g/mol. The Kier molecular flexibility index (Phi) is 5.23. The van der Waals surface area contributed by atoms with Gasteiger partial charge in [-0.1, -0.05) is 35.9 Å². The molecule has 21 heavy (non-hydrogen) atoms. The Labute approximate surface area is 130 Å². The number of hydrogen-bond donors (Lipinski definition) is 0. The summed E-state index contributed by atoms with van der Waals surface area (Å²) in [6.45, 7) is 3.00. The first-order valence-corrected chi connectivity index (χ1v) is 7.21. The van der Waals surface area contributed by atoms with Crippen LogP contribution in [0.25, 0.3) is 0 Å². The van der Waals surface area contributed by atoms with Crippen LogP contribution in [0.15, 0.2) is 48.5 Å². The molecule has 110 valence electrons. The quantitative estimate of drug-likeness (QED) is 0.835. The number of benzene rings is 2. The lowest BCUT2D eigenvalue weighted by molar-refractivity contribution is 0.0797. The lowest BCUT2D eigenvalue weighted by Gasteiger charge is -2.17. The predicted molar refractivity (Wildman–Crippen MR) is 84.9 cm³/mol. The summed E-state index contributed by atoms with van der Waals surface area (Å²) in [4.78, 5) is 13.9. The van der Waals surface area contributed by atoms with Crippen molar-refractivity contribution < 1.29 is 9.53 Å². The first kappa shape index (κ1) is 15.4. The fourth-order valence-corrected chi connectivity index (χ4v) is 1.99. The fraction of sp³-hybridized carbons (Fsp3) is 0.235. The van der Waals surface area contributed by atoms with Crippen LogP contribution in [0.2, 0.25) is 5.02 Å². The molecule has 2 aromatic carbocycles. The molecule has 0 saturated carbocycles. The smallest absolute Gasteiger partial charge is 0.257 e. The molecule has 0 N–H and O–H groups in total. The first-order chi connectivity index (χ1) is 10.1. The molecule has 0 spiro atoms. The van der Waals surface area contributed by atoms with Crippen molar-refractivity contribution in [2.75, 3.05) is 13.6 Å². The highest BCUT2D eigenvalue weighted by Crippen LogP contribution is 2.21. The Morgan fingerprint density at radius 2 is 1.81 bits per heavy atom. The van der Waals surface area contributed by atoms with Gasteiger partial charge in [0.1, 0.15) is 12.4 Å². The second-order valence-corrected chi connectivity index (χ2v) is 5.17. The normalized spacial score (nSPS) is 10.2. The van der Waals surface area contributed by atoms with E-state index >= 15 is 0 Å². The monoisotopic (exact) mass is 303 g/mol. The Bertz CT molecular complexity index is 610. The molecule has 0 saturated heterocycles. The van der Waals surface area contributed by atoms with Crippen LogP contribution in [-0.2, 0) is 6.61 Å². The maximum absolute atomic E-state index is 12.3. The van der Waals surface area contributed by atoms with Crippen LogP contribution in [-0.4, -0.2) is 24.4 Å². The van der Waals surface area contributed by atoms with Crippen LogP contribution in [0.4, 0.5) is 0 Å². The number of ether oxygens (including phenoxy) is 1. The molecule has 0 aliphatic rings. The largest absolute Gasteiger partial charge is 0.488 e. The second kappa shape index (κ2) is 7.14. The van der Waals surface area contributed by atoms with E-state index in [4.69, 9.17) is 16.3 Å². The van der Waals surface area contributed by atoms with E-state index in [0.29, 0.717) is 29.5 Å². The number of nitrogens with zero attached hydrogens (tertiary/aromatic N) is 1. The molecule has 0 bridgehead atoms. The van der Waals surface area contributed by atoms with Crippen molar-refractivity contribution in [3.8, 4) is 5.75 Å². The number of para-hydroxylation sites is 1. The minimum absolute atomic E-state index is 0.0378. The Morgan fingerprint density at radius 3 is 2.48 bits per heavy atom. The lowest BCUT2D eigenvalue weighted by atomic mass is 10.1. The van der Waals surface area contributed by atoms with Crippen LogP contribution >= 0.6 is 11.6 Å². The van der Waals surface area contributed by atoms with E-state index in [1.54, 1.807) is 18.0 Å². The third-order valence-corrected chi connectivity index (χ3v) is 3.50. The van der Waals surface area contributed by atoms with Crippen molar-refractivity contribution in [1.29, 1.82) is 0 Å². The summed E-state index contributed by atoms with van der Waals surface area (Å²) in [6, 6.07) is 14.8. The molecule has 0 atom stereocenters. The van der Waals surface area contributed by atoms with Gasteiger partial charge in [-0.2, -0.15) is 0 Å². The van der Waals surface area contributed by atoms with Gasteiger partial charge >= 0.3 is 0 Å². The number of halogens is 1. The van der Waals surface area contributed by atoms with Gasteiger partial charge in [-0.15, -0.1) is 0 Å². The zero-order valence-corrected chi connectivity index (χ0v) is 12.9.